The molecular formula is C14H19NO4. The first-order valence-corrected chi connectivity index (χ1v) is 6.02. The maximum absolute atomic E-state index is 11.3. The van der Waals surface area contributed by atoms with Crippen molar-refractivity contribution in [3.8, 4) is 5.75 Å². The molecule has 0 spiro atoms. The smallest absolute Gasteiger partial charge is 0.396 e. The number of benzene rings is 1. The number of carbonyl (C=O) groups is 2. The van der Waals surface area contributed by atoms with Crippen LogP contribution in [-0.4, -0.2) is 26.1 Å². The Hall–Kier alpha value is -2.04. The summed E-state index contributed by atoms with van der Waals surface area (Å²) in [6.07, 6.45) is 0. The summed E-state index contributed by atoms with van der Waals surface area (Å²) in [6.45, 7) is 4.38. The van der Waals surface area contributed by atoms with Crippen molar-refractivity contribution in [2.24, 2.45) is 0 Å². The first-order chi connectivity index (χ1) is 8.99. The molecule has 0 aliphatic carbocycles. The van der Waals surface area contributed by atoms with Crippen LogP contribution >= 0.6 is 0 Å². The number of carbonyl (C=O) groups excluding carboxylic acids is 2. The Kier molecular flexibility index (Phi) is 5.36. The fourth-order valence-electron chi connectivity index (χ4n) is 1.64. The van der Waals surface area contributed by atoms with E-state index in [1.54, 1.807) is 7.11 Å². The van der Waals surface area contributed by atoms with Crippen LogP contribution in [0.5, 0.6) is 5.75 Å². The molecule has 0 heterocycles. The first-order valence-electron chi connectivity index (χ1n) is 6.02. The number of nitrogens with one attached hydrogen (secondary N) is 1. The third-order valence-electron chi connectivity index (χ3n) is 2.78. The fourth-order valence-corrected chi connectivity index (χ4v) is 1.64. The SMILES string of the molecule is COC(=O)C(=O)NCc1cc(C(C)C)ccc1OC. The van der Waals surface area contributed by atoms with Gasteiger partial charge in [-0.1, -0.05) is 26.0 Å². The molecule has 1 N–H and O–H groups in total. The minimum absolute atomic E-state index is 0.220. The van der Waals surface area contributed by atoms with E-state index in [1.165, 1.54) is 7.11 Å². The standard InChI is InChI=1S/C14H19NO4/c1-9(2)10-5-6-12(18-3)11(7-10)8-15-13(16)14(17)19-4/h5-7,9H,8H2,1-4H3,(H,15,16). The number of methoxy groups -OCH3 is 2. The van der Waals surface area contributed by atoms with E-state index >= 15 is 0 Å². The van der Waals surface area contributed by atoms with Crippen LogP contribution in [-0.2, 0) is 20.9 Å². The van der Waals surface area contributed by atoms with Crippen molar-refractivity contribution < 1.29 is 19.1 Å². The van der Waals surface area contributed by atoms with Gasteiger partial charge in [-0.25, -0.2) is 4.79 Å². The van der Waals surface area contributed by atoms with E-state index in [9.17, 15) is 9.59 Å². The molecule has 0 unspecified atom stereocenters. The molecule has 1 amide bonds. The van der Waals surface area contributed by atoms with E-state index in [2.05, 4.69) is 23.9 Å². The molecule has 5 nitrogen and oxygen atoms in total. The summed E-state index contributed by atoms with van der Waals surface area (Å²) in [5, 5.41) is 2.50. The highest BCUT2D eigenvalue weighted by Crippen LogP contribution is 2.23. The molecule has 1 rings (SSSR count). The zero-order valence-electron chi connectivity index (χ0n) is 11.6. The average molecular weight is 265 g/mol. The Balaban J connectivity index is 2.83. The molecule has 0 saturated carbocycles. The van der Waals surface area contributed by atoms with Gasteiger partial charge in [0.2, 0.25) is 0 Å². The molecular weight excluding hydrogens is 246 g/mol. The van der Waals surface area contributed by atoms with Gasteiger partial charge in [-0.15, -0.1) is 0 Å². The molecule has 104 valence electrons. The molecule has 1 aromatic carbocycles. The fraction of sp³-hybridized carbons (Fsp3) is 0.429. The average Bonchev–Trinajstić information content (AvgIpc) is 2.43. The van der Waals surface area contributed by atoms with Crippen molar-refractivity contribution in [3.05, 3.63) is 29.3 Å². The van der Waals surface area contributed by atoms with Gasteiger partial charge in [0.25, 0.3) is 0 Å². The third-order valence-corrected chi connectivity index (χ3v) is 2.78. The Labute approximate surface area is 112 Å². The molecule has 0 radical (unpaired) electrons. The van der Waals surface area contributed by atoms with Gasteiger partial charge in [0.05, 0.1) is 14.2 Å². The van der Waals surface area contributed by atoms with Crippen molar-refractivity contribution >= 4 is 11.9 Å². The van der Waals surface area contributed by atoms with Crippen LogP contribution in [0.1, 0.15) is 30.9 Å². The molecule has 1 aromatic rings. The molecule has 5 heteroatoms. The molecule has 0 fully saturated rings. The first kappa shape index (κ1) is 15.0. The number of hydrogen-bond donors (Lipinski definition) is 1. The predicted octanol–water partition coefficient (Wildman–Crippen LogP) is 1.61. The van der Waals surface area contributed by atoms with Gasteiger partial charge in [0.15, 0.2) is 0 Å². The zero-order valence-corrected chi connectivity index (χ0v) is 11.6. The lowest BCUT2D eigenvalue weighted by Crippen LogP contribution is -2.31. The van der Waals surface area contributed by atoms with Gasteiger partial charge in [0, 0.05) is 12.1 Å². The Morgan fingerprint density at radius 3 is 2.47 bits per heavy atom. The van der Waals surface area contributed by atoms with Crippen LogP contribution in [0, 0.1) is 0 Å². The second kappa shape index (κ2) is 6.78. The molecule has 0 saturated heterocycles. The summed E-state index contributed by atoms with van der Waals surface area (Å²) in [4.78, 5) is 22.3. The van der Waals surface area contributed by atoms with Gasteiger partial charge >= 0.3 is 11.9 Å². The lowest BCUT2D eigenvalue weighted by Gasteiger charge is -2.13. The number of rotatable bonds is 4. The van der Waals surface area contributed by atoms with Gasteiger partial charge in [0.1, 0.15) is 5.75 Å². The van der Waals surface area contributed by atoms with Gasteiger partial charge < -0.3 is 14.8 Å². The molecule has 0 aliphatic heterocycles. The second-order valence-corrected chi connectivity index (χ2v) is 4.40. The number of ether oxygens (including phenoxy) is 2. The minimum atomic E-state index is -0.904. The number of esters is 1. The Morgan fingerprint density at radius 2 is 1.95 bits per heavy atom. The van der Waals surface area contributed by atoms with E-state index in [1.807, 2.05) is 18.2 Å². The van der Waals surface area contributed by atoms with Crippen LogP contribution in [0.15, 0.2) is 18.2 Å². The van der Waals surface area contributed by atoms with Crippen molar-refractivity contribution in [1.29, 1.82) is 0 Å². The third kappa shape index (κ3) is 3.98. The normalized spacial score (nSPS) is 10.2. The molecule has 0 bridgehead atoms. The topological polar surface area (TPSA) is 64.6 Å². The van der Waals surface area contributed by atoms with Gasteiger partial charge in [-0.3, -0.25) is 4.79 Å². The summed E-state index contributed by atoms with van der Waals surface area (Å²) in [5.41, 5.74) is 1.97. The molecule has 0 aliphatic rings. The van der Waals surface area contributed by atoms with E-state index < -0.39 is 11.9 Å². The second-order valence-electron chi connectivity index (χ2n) is 4.40. The minimum Gasteiger partial charge on any atom is -0.496 e. The van der Waals surface area contributed by atoms with Crippen molar-refractivity contribution in [2.45, 2.75) is 26.3 Å². The quantitative estimate of drug-likeness (QED) is 0.663. The lowest BCUT2D eigenvalue weighted by molar-refractivity contribution is -0.152. The Bertz CT molecular complexity index is 469. The van der Waals surface area contributed by atoms with Crippen LogP contribution < -0.4 is 10.1 Å². The molecule has 19 heavy (non-hydrogen) atoms. The van der Waals surface area contributed by atoms with Crippen LogP contribution in [0.2, 0.25) is 0 Å². The molecule has 0 atom stereocenters. The highest BCUT2D eigenvalue weighted by Gasteiger charge is 2.14. The van der Waals surface area contributed by atoms with E-state index in [4.69, 9.17) is 4.74 Å². The lowest BCUT2D eigenvalue weighted by atomic mass is 10.0. The largest absolute Gasteiger partial charge is 0.496 e. The summed E-state index contributed by atoms with van der Waals surface area (Å²) >= 11 is 0. The maximum atomic E-state index is 11.3. The summed E-state index contributed by atoms with van der Waals surface area (Å²) < 4.78 is 9.57. The number of amides is 1. The van der Waals surface area contributed by atoms with E-state index in [0.717, 1.165) is 11.1 Å². The summed E-state index contributed by atoms with van der Waals surface area (Å²) in [5.74, 6) is -0.617. The van der Waals surface area contributed by atoms with Crippen molar-refractivity contribution in [2.75, 3.05) is 14.2 Å². The van der Waals surface area contributed by atoms with Crippen molar-refractivity contribution in [1.82, 2.24) is 5.32 Å². The van der Waals surface area contributed by atoms with Crippen LogP contribution in [0.3, 0.4) is 0 Å². The number of hydrogen-bond acceptors (Lipinski definition) is 4. The van der Waals surface area contributed by atoms with Gasteiger partial charge in [-0.05, 0) is 17.5 Å². The monoisotopic (exact) mass is 265 g/mol. The highest BCUT2D eigenvalue weighted by atomic mass is 16.5. The maximum Gasteiger partial charge on any atom is 0.396 e. The van der Waals surface area contributed by atoms with E-state index in [-0.39, 0.29) is 6.54 Å². The zero-order chi connectivity index (χ0) is 14.4. The molecule has 0 aromatic heterocycles. The summed E-state index contributed by atoms with van der Waals surface area (Å²) in [7, 11) is 2.73. The Morgan fingerprint density at radius 1 is 1.26 bits per heavy atom. The summed E-state index contributed by atoms with van der Waals surface area (Å²) in [6, 6.07) is 5.80. The predicted molar refractivity (Wildman–Crippen MR) is 70.9 cm³/mol. The highest BCUT2D eigenvalue weighted by molar-refractivity contribution is 6.32. The van der Waals surface area contributed by atoms with Crippen LogP contribution in [0.25, 0.3) is 0 Å². The van der Waals surface area contributed by atoms with Crippen molar-refractivity contribution in [3.63, 3.8) is 0 Å². The van der Waals surface area contributed by atoms with Gasteiger partial charge in [-0.2, -0.15) is 0 Å². The van der Waals surface area contributed by atoms with E-state index in [0.29, 0.717) is 11.7 Å². The van der Waals surface area contributed by atoms with Crippen LogP contribution in [0.4, 0.5) is 0 Å².